The standard InChI is InChI=1S/C25H32N4O2/c1-18(30)28-20(15-19-9-4-3-5-10-19)21-16-25(2)22(28)11-6-7-12-23(25)29(21)24(31)17-27-14-8-13-26-27/h3-5,8-10,13-14,20-23H,6-7,11-12,15-17H2,1-2H3/t20-,21+,22-,23+,25-/m1/s1. The zero-order chi connectivity index (χ0) is 21.6. The topological polar surface area (TPSA) is 58.4 Å². The van der Waals surface area contributed by atoms with Crippen molar-refractivity contribution in [1.29, 1.82) is 0 Å². The van der Waals surface area contributed by atoms with Crippen molar-refractivity contribution in [3.8, 4) is 0 Å². The molecular weight excluding hydrogens is 388 g/mol. The van der Waals surface area contributed by atoms with Gasteiger partial charge in [0, 0.05) is 36.8 Å². The van der Waals surface area contributed by atoms with Gasteiger partial charge < -0.3 is 9.80 Å². The molecule has 2 aliphatic heterocycles. The minimum absolute atomic E-state index is 0.0163. The number of aromatic nitrogens is 2. The Morgan fingerprint density at radius 1 is 1.06 bits per heavy atom. The minimum atomic E-state index is -0.0419. The molecule has 2 saturated heterocycles. The molecule has 5 atom stereocenters. The first-order valence-electron chi connectivity index (χ1n) is 11.6. The predicted molar refractivity (Wildman–Crippen MR) is 118 cm³/mol. The zero-order valence-electron chi connectivity index (χ0n) is 18.5. The lowest BCUT2D eigenvalue weighted by molar-refractivity contribution is -0.143. The molecule has 1 saturated carbocycles. The maximum atomic E-state index is 13.6. The lowest BCUT2D eigenvalue weighted by Crippen LogP contribution is -2.61. The van der Waals surface area contributed by atoms with Crippen molar-refractivity contribution in [1.82, 2.24) is 19.6 Å². The Hall–Kier alpha value is -2.63. The molecule has 5 rings (SSSR count). The highest BCUT2D eigenvalue weighted by molar-refractivity contribution is 5.79. The average Bonchev–Trinajstić information content (AvgIpc) is 3.30. The van der Waals surface area contributed by atoms with E-state index >= 15 is 0 Å². The van der Waals surface area contributed by atoms with Crippen molar-refractivity contribution in [2.75, 3.05) is 0 Å². The Balaban J connectivity index is 1.56. The summed E-state index contributed by atoms with van der Waals surface area (Å²) in [5, 5.41) is 4.26. The third-order valence-corrected chi connectivity index (χ3v) is 8.00. The molecule has 0 spiro atoms. The number of carbonyl (C=O) groups is 2. The lowest BCUT2D eigenvalue weighted by Gasteiger charge is -2.50. The molecule has 3 aliphatic rings. The van der Waals surface area contributed by atoms with Crippen molar-refractivity contribution in [3.05, 3.63) is 54.4 Å². The molecule has 6 nitrogen and oxygen atoms in total. The van der Waals surface area contributed by atoms with Crippen LogP contribution in [0, 0.1) is 5.41 Å². The summed E-state index contributed by atoms with van der Waals surface area (Å²) in [6.45, 7) is 4.30. The molecule has 2 bridgehead atoms. The second-order valence-corrected chi connectivity index (χ2v) is 9.78. The quantitative estimate of drug-likeness (QED) is 0.763. The van der Waals surface area contributed by atoms with Gasteiger partial charge in [-0.05, 0) is 37.3 Å². The van der Waals surface area contributed by atoms with E-state index < -0.39 is 0 Å². The van der Waals surface area contributed by atoms with Gasteiger partial charge in [0.25, 0.3) is 0 Å². The number of hydrogen-bond donors (Lipinski definition) is 0. The number of rotatable bonds is 4. The Morgan fingerprint density at radius 2 is 1.77 bits per heavy atom. The fourth-order valence-electron chi connectivity index (χ4n) is 6.78. The summed E-state index contributed by atoms with van der Waals surface area (Å²) >= 11 is 0. The van der Waals surface area contributed by atoms with E-state index in [9.17, 15) is 9.59 Å². The Morgan fingerprint density at radius 3 is 2.42 bits per heavy atom. The first-order chi connectivity index (χ1) is 15.0. The molecular formula is C25H32N4O2. The molecule has 0 N–H and O–H groups in total. The summed E-state index contributed by atoms with van der Waals surface area (Å²) in [4.78, 5) is 31.0. The maximum absolute atomic E-state index is 13.6. The maximum Gasteiger partial charge on any atom is 0.244 e. The van der Waals surface area contributed by atoms with Gasteiger partial charge >= 0.3 is 0 Å². The summed E-state index contributed by atoms with van der Waals surface area (Å²) in [5.41, 5.74) is 1.18. The van der Waals surface area contributed by atoms with Crippen LogP contribution in [0.25, 0.3) is 0 Å². The minimum Gasteiger partial charge on any atom is -0.334 e. The van der Waals surface area contributed by atoms with E-state index in [0.717, 1.165) is 38.5 Å². The summed E-state index contributed by atoms with van der Waals surface area (Å²) < 4.78 is 1.72. The predicted octanol–water partition coefficient (Wildman–Crippen LogP) is 3.27. The van der Waals surface area contributed by atoms with Gasteiger partial charge in [-0.2, -0.15) is 5.10 Å². The van der Waals surface area contributed by atoms with Crippen LogP contribution in [-0.2, 0) is 22.6 Å². The van der Waals surface area contributed by atoms with Gasteiger partial charge in [-0.3, -0.25) is 14.3 Å². The molecule has 2 amide bonds. The van der Waals surface area contributed by atoms with Crippen LogP contribution in [-0.4, -0.2) is 55.6 Å². The van der Waals surface area contributed by atoms with Crippen LogP contribution in [0.3, 0.4) is 0 Å². The summed E-state index contributed by atoms with van der Waals surface area (Å²) in [6, 6.07) is 12.7. The number of piperidine rings is 1. The van der Waals surface area contributed by atoms with Crippen LogP contribution in [0.15, 0.2) is 48.8 Å². The third kappa shape index (κ3) is 3.36. The molecule has 1 aromatic heterocycles. The first-order valence-corrected chi connectivity index (χ1v) is 11.6. The molecule has 3 fully saturated rings. The molecule has 31 heavy (non-hydrogen) atoms. The van der Waals surface area contributed by atoms with E-state index in [0.29, 0.717) is 0 Å². The van der Waals surface area contributed by atoms with Gasteiger partial charge in [0.05, 0.1) is 12.1 Å². The number of hydrogen-bond acceptors (Lipinski definition) is 3. The third-order valence-electron chi connectivity index (χ3n) is 8.00. The van der Waals surface area contributed by atoms with E-state index in [2.05, 4.69) is 46.1 Å². The molecule has 1 aliphatic carbocycles. The summed E-state index contributed by atoms with van der Waals surface area (Å²) in [7, 11) is 0. The van der Waals surface area contributed by atoms with Gasteiger partial charge in [0.2, 0.25) is 11.8 Å². The number of amides is 2. The average molecular weight is 421 g/mol. The number of fused-ring (bicyclic) bond motifs is 1. The monoisotopic (exact) mass is 420 g/mol. The van der Waals surface area contributed by atoms with Gasteiger partial charge in [-0.15, -0.1) is 0 Å². The van der Waals surface area contributed by atoms with E-state index in [1.165, 1.54) is 5.56 Å². The number of carbonyl (C=O) groups excluding carboxylic acids is 2. The van der Waals surface area contributed by atoms with Crippen molar-refractivity contribution in [2.45, 2.75) is 83.1 Å². The molecule has 6 heteroatoms. The Bertz CT molecular complexity index is 944. The van der Waals surface area contributed by atoms with E-state index in [1.54, 1.807) is 17.8 Å². The first kappa shape index (κ1) is 20.3. The van der Waals surface area contributed by atoms with E-state index in [1.807, 2.05) is 18.3 Å². The Kier molecular flexibility index (Phi) is 5.11. The molecule has 164 valence electrons. The van der Waals surface area contributed by atoms with Crippen LogP contribution >= 0.6 is 0 Å². The largest absolute Gasteiger partial charge is 0.334 e. The van der Waals surface area contributed by atoms with E-state index in [4.69, 9.17) is 0 Å². The number of benzene rings is 1. The normalized spacial score (nSPS) is 32.1. The van der Waals surface area contributed by atoms with Crippen molar-refractivity contribution < 1.29 is 9.59 Å². The molecule has 0 radical (unpaired) electrons. The van der Waals surface area contributed by atoms with Crippen LogP contribution in [0.4, 0.5) is 0 Å². The van der Waals surface area contributed by atoms with Crippen molar-refractivity contribution in [3.63, 3.8) is 0 Å². The highest BCUT2D eigenvalue weighted by Gasteiger charge is 2.63. The van der Waals surface area contributed by atoms with Gasteiger partial charge in [0.1, 0.15) is 6.54 Å². The van der Waals surface area contributed by atoms with E-state index in [-0.39, 0.29) is 47.9 Å². The van der Waals surface area contributed by atoms with Crippen LogP contribution < -0.4 is 0 Å². The fourth-order valence-corrected chi connectivity index (χ4v) is 6.78. The Labute approximate surface area is 184 Å². The molecule has 0 unspecified atom stereocenters. The zero-order valence-corrected chi connectivity index (χ0v) is 18.5. The SMILES string of the molecule is CC(=O)N1[C@H](Cc2ccccc2)[C@@H]2C[C@@]3(C)[C@H](CCCC[C@@H]13)N2C(=O)Cn1cccn1. The molecule has 1 aromatic carbocycles. The van der Waals surface area contributed by atoms with Crippen molar-refractivity contribution >= 4 is 11.8 Å². The van der Waals surface area contributed by atoms with Crippen LogP contribution in [0.5, 0.6) is 0 Å². The summed E-state index contributed by atoms with van der Waals surface area (Å²) in [5.74, 6) is 0.274. The van der Waals surface area contributed by atoms with Crippen LogP contribution in [0.2, 0.25) is 0 Å². The smallest absolute Gasteiger partial charge is 0.244 e. The second-order valence-electron chi connectivity index (χ2n) is 9.78. The van der Waals surface area contributed by atoms with Crippen molar-refractivity contribution in [2.24, 2.45) is 5.41 Å². The van der Waals surface area contributed by atoms with Gasteiger partial charge in [0.15, 0.2) is 0 Å². The number of nitrogens with zero attached hydrogens (tertiary/aromatic N) is 4. The molecule has 2 aromatic rings. The van der Waals surface area contributed by atoms with Gasteiger partial charge in [-0.25, -0.2) is 0 Å². The highest BCUT2D eigenvalue weighted by atomic mass is 16.2. The van der Waals surface area contributed by atoms with Gasteiger partial charge in [-0.1, -0.05) is 50.1 Å². The lowest BCUT2D eigenvalue weighted by atomic mass is 9.69. The van der Waals surface area contributed by atoms with Crippen LogP contribution in [0.1, 0.15) is 51.5 Å². The summed E-state index contributed by atoms with van der Waals surface area (Å²) in [6.07, 6.45) is 9.62. The number of likely N-dealkylation sites (tertiary alicyclic amines) is 2. The molecule has 3 heterocycles. The second kappa shape index (κ2) is 7.81. The fraction of sp³-hybridized carbons (Fsp3) is 0.560. The highest BCUT2D eigenvalue weighted by Crippen LogP contribution is 2.55.